The third kappa shape index (κ3) is 2.06. The number of nitrogens with one attached hydrogen (secondary N) is 1. The van der Waals surface area contributed by atoms with Crippen molar-refractivity contribution >= 4 is 11.6 Å². The molecule has 0 aromatic carbocycles. The molecule has 1 heterocycles. The molecule has 0 radical (unpaired) electrons. The van der Waals surface area contributed by atoms with Gasteiger partial charge in [0.25, 0.3) is 0 Å². The highest BCUT2D eigenvalue weighted by Crippen LogP contribution is 2.55. The topological polar surface area (TPSA) is 55.9 Å². The summed E-state index contributed by atoms with van der Waals surface area (Å²) in [7, 11) is 1.88. The number of aromatic nitrogens is 2. The summed E-state index contributed by atoms with van der Waals surface area (Å²) in [5.74, 6) is 8.42. The van der Waals surface area contributed by atoms with Gasteiger partial charge in [-0.3, -0.25) is 16.0 Å². The molecule has 1 aromatic heterocycles. The average Bonchev–Trinajstić information content (AvgIpc) is 2.88. The van der Waals surface area contributed by atoms with Gasteiger partial charge in [0, 0.05) is 18.7 Å². The zero-order valence-electron chi connectivity index (χ0n) is 11.0. The molecule has 5 heteroatoms. The number of fused-ring (bicyclic) bond motifs is 1. The second kappa shape index (κ2) is 4.51. The maximum absolute atomic E-state index is 6.29. The van der Waals surface area contributed by atoms with Crippen LogP contribution >= 0.6 is 11.6 Å². The van der Waals surface area contributed by atoms with Gasteiger partial charge in [0.05, 0.1) is 5.69 Å². The monoisotopic (exact) mass is 268 g/mol. The first-order chi connectivity index (χ1) is 8.60. The van der Waals surface area contributed by atoms with E-state index in [0.717, 1.165) is 34.7 Å². The molecule has 3 unspecified atom stereocenters. The van der Waals surface area contributed by atoms with Gasteiger partial charge in [0.15, 0.2) is 0 Å². The molecule has 3 N–H and O–H groups in total. The van der Waals surface area contributed by atoms with Gasteiger partial charge in [-0.15, -0.1) is 0 Å². The first-order valence-electron chi connectivity index (χ1n) is 6.74. The van der Waals surface area contributed by atoms with Crippen LogP contribution in [0.1, 0.15) is 30.5 Å². The van der Waals surface area contributed by atoms with Gasteiger partial charge in [-0.2, -0.15) is 5.10 Å². The lowest BCUT2D eigenvalue weighted by atomic mass is 9.90. The number of halogens is 1. The summed E-state index contributed by atoms with van der Waals surface area (Å²) in [6.45, 7) is 2.01. The van der Waals surface area contributed by atoms with E-state index in [2.05, 4.69) is 10.5 Å². The van der Waals surface area contributed by atoms with Crippen LogP contribution in [0.5, 0.6) is 0 Å². The second-order valence-electron chi connectivity index (χ2n) is 5.94. The second-order valence-corrected chi connectivity index (χ2v) is 6.30. The summed E-state index contributed by atoms with van der Waals surface area (Å²) in [6, 6.07) is 0.332. The Balaban J connectivity index is 1.73. The van der Waals surface area contributed by atoms with Crippen molar-refractivity contribution in [3.63, 3.8) is 0 Å². The molecule has 4 nitrogen and oxygen atoms in total. The van der Waals surface area contributed by atoms with Crippen LogP contribution in [-0.2, 0) is 13.5 Å². The molecular formula is C13H21ClN4. The first-order valence-corrected chi connectivity index (χ1v) is 7.12. The highest BCUT2D eigenvalue weighted by Gasteiger charge is 2.47. The number of nitrogens with two attached hydrogens (primary N) is 1. The van der Waals surface area contributed by atoms with E-state index in [1.807, 2.05) is 14.0 Å². The van der Waals surface area contributed by atoms with Crippen molar-refractivity contribution < 1.29 is 0 Å². The molecule has 0 spiro atoms. The quantitative estimate of drug-likeness (QED) is 0.647. The predicted octanol–water partition coefficient (Wildman–Crippen LogP) is 1.80. The number of aryl methyl sites for hydroxylation is 2. The molecule has 0 bridgehead atoms. The Labute approximate surface area is 113 Å². The Morgan fingerprint density at radius 2 is 2.11 bits per heavy atom. The molecular weight excluding hydrogens is 248 g/mol. The van der Waals surface area contributed by atoms with Gasteiger partial charge in [0.1, 0.15) is 5.15 Å². The fourth-order valence-corrected chi connectivity index (χ4v) is 3.83. The van der Waals surface area contributed by atoms with Crippen LogP contribution in [0.3, 0.4) is 0 Å². The zero-order valence-corrected chi connectivity index (χ0v) is 11.7. The van der Waals surface area contributed by atoms with Crippen molar-refractivity contribution in [1.29, 1.82) is 0 Å². The Kier molecular flexibility index (Phi) is 3.12. The standard InChI is InChI=1S/C13H21ClN4/c1-7-11(13(14)18(2)17-7)6-12(16-15)10-4-8-3-9(8)5-10/h8-10,12,16H,3-6,15H2,1-2H3. The van der Waals surface area contributed by atoms with Crippen LogP contribution in [-0.4, -0.2) is 15.8 Å². The number of nitrogens with zero attached hydrogens (tertiary/aromatic N) is 2. The summed E-state index contributed by atoms with van der Waals surface area (Å²) in [6.07, 6.45) is 4.99. The first kappa shape index (κ1) is 12.5. The number of hydrazine groups is 1. The summed E-state index contributed by atoms with van der Waals surface area (Å²) in [5.41, 5.74) is 5.16. The van der Waals surface area contributed by atoms with E-state index in [1.54, 1.807) is 4.68 Å². The van der Waals surface area contributed by atoms with Crippen molar-refractivity contribution in [3.05, 3.63) is 16.4 Å². The lowest BCUT2D eigenvalue weighted by Gasteiger charge is -2.24. The van der Waals surface area contributed by atoms with Crippen molar-refractivity contribution in [3.8, 4) is 0 Å². The van der Waals surface area contributed by atoms with Crippen molar-refractivity contribution in [2.45, 2.75) is 38.6 Å². The largest absolute Gasteiger partial charge is 0.271 e. The van der Waals surface area contributed by atoms with Gasteiger partial charge in [-0.1, -0.05) is 11.6 Å². The fraction of sp³-hybridized carbons (Fsp3) is 0.769. The minimum absolute atomic E-state index is 0.332. The molecule has 3 atom stereocenters. The molecule has 2 fully saturated rings. The van der Waals surface area contributed by atoms with Gasteiger partial charge in [-0.25, -0.2) is 0 Å². The van der Waals surface area contributed by atoms with Crippen LogP contribution in [0.15, 0.2) is 0 Å². The van der Waals surface area contributed by atoms with Crippen LogP contribution in [0.4, 0.5) is 0 Å². The van der Waals surface area contributed by atoms with E-state index in [-0.39, 0.29) is 0 Å². The van der Waals surface area contributed by atoms with Crippen LogP contribution in [0.2, 0.25) is 5.15 Å². The minimum atomic E-state index is 0.332. The Bertz CT molecular complexity index is 446. The number of hydrogen-bond donors (Lipinski definition) is 2. The fourth-order valence-electron chi connectivity index (χ4n) is 3.58. The SMILES string of the molecule is Cc1nn(C)c(Cl)c1CC(NN)C1CC2CC2C1. The summed E-state index contributed by atoms with van der Waals surface area (Å²) < 4.78 is 1.74. The molecule has 2 saturated carbocycles. The average molecular weight is 269 g/mol. The van der Waals surface area contributed by atoms with Gasteiger partial charge in [0.2, 0.25) is 0 Å². The summed E-state index contributed by atoms with van der Waals surface area (Å²) in [5, 5.41) is 5.11. The van der Waals surface area contributed by atoms with E-state index in [0.29, 0.717) is 12.0 Å². The highest BCUT2D eigenvalue weighted by molar-refractivity contribution is 6.30. The van der Waals surface area contributed by atoms with Gasteiger partial charge in [-0.05, 0) is 50.4 Å². The summed E-state index contributed by atoms with van der Waals surface area (Å²) >= 11 is 6.29. The lowest BCUT2D eigenvalue weighted by molar-refractivity contribution is 0.335. The van der Waals surface area contributed by atoms with E-state index in [1.165, 1.54) is 19.3 Å². The molecule has 2 aliphatic carbocycles. The molecule has 1 aromatic rings. The van der Waals surface area contributed by atoms with Crippen LogP contribution in [0, 0.1) is 24.7 Å². The molecule has 0 amide bonds. The highest BCUT2D eigenvalue weighted by atomic mass is 35.5. The maximum atomic E-state index is 6.29. The van der Waals surface area contributed by atoms with Crippen molar-refractivity contribution in [2.24, 2.45) is 30.6 Å². The molecule has 3 rings (SSSR count). The minimum Gasteiger partial charge on any atom is -0.271 e. The zero-order chi connectivity index (χ0) is 12.9. The molecule has 18 heavy (non-hydrogen) atoms. The molecule has 2 aliphatic rings. The molecule has 0 saturated heterocycles. The van der Waals surface area contributed by atoms with Crippen LogP contribution in [0.25, 0.3) is 0 Å². The third-order valence-corrected chi connectivity index (χ3v) is 5.23. The Morgan fingerprint density at radius 1 is 1.44 bits per heavy atom. The van der Waals surface area contributed by atoms with Crippen molar-refractivity contribution in [2.75, 3.05) is 0 Å². The molecule has 0 aliphatic heterocycles. The van der Waals surface area contributed by atoms with E-state index >= 15 is 0 Å². The Morgan fingerprint density at radius 3 is 2.61 bits per heavy atom. The smallest absolute Gasteiger partial charge is 0.130 e. The van der Waals surface area contributed by atoms with Crippen molar-refractivity contribution in [1.82, 2.24) is 15.2 Å². The van der Waals surface area contributed by atoms with E-state index < -0.39 is 0 Å². The molecule has 100 valence electrons. The van der Waals surface area contributed by atoms with Crippen LogP contribution < -0.4 is 11.3 Å². The number of hydrogen-bond acceptors (Lipinski definition) is 3. The van der Waals surface area contributed by atoms with E-state index in [4.69, 9.17) is 17.4 Å². The van der Waals surface area contributed by atoms with Gasteiger partial charge < -0.3 is 0 Å². The summed E-state index contributed by atoms with van der Waals surface area (Å²) in [4.78, 5) is 0. The van der Waals surface area contributed by atoms with Gasteiger partial charge >= 0.3 is 0 Å². The lowest BCUT2D eigenvalue weighted by Crippen LogP contribution is -2.42. The third-order valence-electron chi connectivity index (χ3n) is 4.76. The van der Waals surface area contributed by atoms with E-state index in [9.17, 15) is 0 Å². The maximum Gasteiger partial charge on any atom is 0.130 e. The number of rotatable bonds is 4. The Hall–Kier alpha value is -0.580. The normalized spacial score (nSPS) is 31.4. The predicted molar refractivity (Wildman–Crippen MR) is 72.1 cm³/mol.